The van der Waals surface area contributed by atoms with E-state index in [0.717, 1.165) is 28.8 Å². The third kappa shape index (κ3) is 1.71. The molecule has 84 valence electrons. The van der Waals surface area contributed by atoms with Gasteiger partial charge in [-0.1, -0.05) is 12.1 Å². The molecule has 0 atom stereocenters. The van der Waals surface area contributed by atoms with Gasteiger partial charge < -0.3 is 11.5 Å². The average Bonchev–Trinajstić information content (AvgIpc) is 2.69. The number of fused-ring (bicyclic) bond motifs is 1. The number of rotatable bonds is 1. The van der Waals surface area contributed by atoms with E-state index in [1.54, 1.807) is 12.4 Å². The maximum atomic E-state index is 5.70. The van der Waals surface area contributed by atoms with Gasteiger partial charge in [0.25, 0.3) is 0 Å². The highest BCUT2D eigenvalue weighted by Crippen LogP contribution is 2.30. The van der Waals surface area contributed by atoms with Crippen molar-refractivity contribution in [1.82, 2.24) is 9.97 Å². The molecule has 0 saturated heterocycles. The lowest BCUT2D eigenvalue weighted by Gasteiger charge is -2.03. The fraction of sp³-hybridized carbons (Fsp3) is 0.0833. The molecule has 1 aliphatic rings. The highest BCUT2D eigenvalue weighted by molar-refractivity contribution is 5.91. The van der Waals surface area contributed by atoms with Crippen LogP contribution < -0.4 is 11.5 Å². The molecule has 3 rings (SSSR count). The first kappa shape index (κ1) is 9.77. The molecule has 0 amide bonds. The van der Waals surface area contributed by atoms with Crippen LogP contribution in [0.5, 0.6) is 0 Å². The SMILES string of the molecule is NC1=Nc2cc(-c3cnc(N)nc3)ccc2C1. The number of aromatic nitrogens is 2. The molecule has 1 aromatic heterocycles. The first-order valence-electron chi connectivity index (χ1n) is 5.26. The summed E-state index contributed by atoms with van der Waals surface area (Å²) in [5, 5.41) is 0. The van der Waals surface area contributed by atoms with Crippen LogP contribution in [-0.2, 0) is 6.42 Å². The van der Waals surface area contributed by atoms with Gasteiger partial charge in [0.05, 0.1) is 5.69 Å². The van der Waals surface area contributed by atoms with Gasteiger partial charge in [0.15, 0.2) is 0 Å². The summed E-state index contributed by atoms with van der Waals surface area (Å²) in [5.74, 6) is 0.933. The van der Waals surface area contributed by atoms with Crippen LogP contribution >= 0.6 is 0 Å². The van der Waals surface area contributed by atoms with Crippen LogP contribution in [0.15, 0.2) is 35.6 Å². The zero-order valence-electron chi connectivity index (χ0n) is 9.09. The molecule has 0 aliphatic carbocycles. The van der Waals surface area contributed by atoms with E-state index < -0.39 is 0 Å². The van der Waals surface area contributed by atoms with Gasteiger partial charge in [-0.05, 0) is 17.2 Å². The number of benzene rings is 1. The predicted molar refractivity (Wildman–Crippen MR) is 66.9 cm³/mol. The maximum absolute atomic E-state index is 5.70. The van der Waals surface area contributed by atoms with E-state index in [0.29, 0.717) is 5.84 Å². The molecule has 0 bridgehead atoms. The topological polar surface area (TPSA) is 90.2 Å². The molecule has 2 heterocycles. The van der Waals surface area contributed by atoms with Crippen LogP contribution in [0.4, 0.5) is 11.6 Å². The maximum Gasteiger partial charge on any atom is 0.219 e. The Hall–Kier alpha value is -2.43. The van der Waals surface area contributed by atoms with Gasteiger partial charge in [-0.3, -0.25) is 0 Å². The van der Waals surface area contributed by atoms with Crippen LogP contribution in [0, 0.1) is 0 Å². The first-order chi connectivity index (χ1) is 8.22. The standard InChI is InChI=1S/C12H11N5/c13-11-4-8-2-1-7(3-10(8)17-11)9-5-15-12(14)16-6-9/h1-3,5-6H,4H2,(H2,13,17)(H2,14,15,16). The molecular formula is C12H11N5. The van der Waals surface area contributed by atoms with Crippen molar-refractivity contribution in [2.45, 2.75) is 6.42 Å². The first-order valence-corrected chi connectivity index (χ1v) is 5.26. The van der Waals surface area contributed by atoms with Crippen molar-refractivity contribution >= 4 is 17.5 Å². The van der Waals surface area contributed by atoms with Crippen molar-refractivity contribution in [2.75, 3.05) is 5.73 Å². The van der Waals surface area contributed by atoms with Gasteiger partial charge in [0.1, 0.15) is 5.84 Å². The Morgan fingerprint density at radius 1 is 1.00 bits per heavy atom. The Labute approximate surface area is 98.2 Å². The van der Waals surface area contributed by atoms with Crippen molar-refractivity contribution in [3.63, 3.8) is 0 Å². The van der Waals surface area contributed by atoms with Crippen LogP contribution in [0.25, 0.3) is 11.1 Å². The number of nitrogens with two attached hydrogens (primary N) is 2. The molecule has 0 radical (unpaired) electrons. The summed E-state index contributed by atoms with van der Waals surface area (Å²) in [4.78, 5) is 12.2. The number of nitrogen functional groups attached to an aromatic ring is 1. The van der Waals surface area contributed by atoms with Gasteiger partial charge in [0.2, 0.25) is 5.95 Å². The van der Waals surface area contributed by atoms with E-state index in [1.807, 2.05) is 18.2 Å². The number of amidine groups is 1. The molecule has 0 unspecified atom stereocenters. The third-order valence-electron chi connectivity index (χ3n) is 2.73. The lowest BCUT2D eigenvalue weighted by molar-refractivity contribution is 1.19. The van der Waals surface area contributed by atoms with Gasteiger partial charge >= 0.3 is 0 Å². The van der Waals surface area contributed by atoms with E-state index in [9.17, 15) is 0 Å². The van der Waals surface area contributed by atoms with Crippen LogP contribution in [0.3, 0.4) is 0 Å². The molecule has 0 fully saturated rings. The summed E-state index contributed by atoms with van der Waals surface area (Å²) in [5.41, 5.74) is 15.2. The van der Waals surface area contributed by atoms with Gasteiger partial charge in [-0.2, -0.15) is 0 Å². The fourth-order valence-electron chi connectivity index (χ4n) is 1.87. The van der Waals surface area contributed by atoms with E-state index in [2.05, 4.69) is 15.0 Å². The second kappa shape index (κ2) is 3.55. The number of hydrogen-bond donors (Lipinski definition) is 2. The second-order valence-electron chi connectivity index (χ2n) is 3.95. The molecule has 5 nitrogen and oxygen atoms in total. The molecule has 1 aliphatic heterocycles. The summed E-state index contributed by atoms with van der Waals surface area (Å²) in [6.45, 7) is 0. The van der Waals surface area contributed by atoms with Crippen LogP contribution in [0.1, 0.15) is 5.56 Å². The number of nitrogens with zero attached hydrogens (tertiary/aromatic N) is 3. The minimum absolute atomic E-state index is 0.275. The monoisotopic (exact) mass is 225 g/mol. The zero-order valence-corrected chi connectivity index (χ0v) is 9.09. The number of aliphatic imine (C=N–C) groups is 1. The molecule has 5 heteroatoms. The second-order valence-corrected chi connectivity index (χ2v) is 3.95. The number of anilines is 1. The van der Waals surface area contributed by atoms with Crippen molar-refractivity contribution in [3.05, 3.63) is 36.2 Å². The van der Waals surface area contributed by atoms with Crippen LogP contribution in [0.2, 0.25) is 0 Å². The quantitative estimate of drug-likeness (QED) is 0.764. The van der Waals surface area contributed by atoms with Gasteiger partial charge in [-0.15, -0.1) is 0 Å². The Morgan fingerprint density at radius 3 is 2.53 bits per heavy atom. The summed E-state index contributed by atoms with van der Waals surface area (Å²) < 4.78 is 0. The van der Waals surface area contributed by atoms with Crippen molar-refractivity contribution in [2.24, 2.45) is 10.7 Å². The highest BCUT2D eigenvalue weighted by Gasteiger charge is 2.12. The fourth-order valence-corrected chi connectivity index (χ4v) is 1.87. The smallest absolute Gasteiger partial charge is 0.219 e. The third-order valence-corrected chi connectivity index (χ3v) is 2.73. The lowest BCUT2D eigenvalue weighted by Crippen LogP contribution is -2.09. The summed E-state index contributed by atoms with van der Waals surface area (Å²) in [6.07, 6.45) is 4.13. The van der Waals surface area contributed by atoms with Crippen molar-refractivity contribution in [3.8, 4) is 11.1 Å². The Balaban J connectivity index is 2.05. The molecule has 0 spiro atoms. The summed E-state index contributed by atoms with van der Waals surface area (Å²) >= 11 is 0. The number of hydrogen-bond acceptors (Lipinski definition) is 5. The molecule has 1 aromatic carbocycles. The summed E-state index contributed by atoms with van der Waals surface area (Å²) in [6, 6.07) is 6.04. The largest absolute Gasteiger partial charge is 0.387 e. The van der Waals surface area contributed by atoms with E-state index >= 15 is 0 Å². The molecule has 17 heavy (non-hydrogen) atoms. The van der Waals surface area contributed by atoms with E-state index in [1.165, 1.54) is 0 Å². The lowest BCUT2D eigenvalue weighted by atomic mass is 10.0. The van der Waals surface area contributed by atoms with E-state index in [4.69, 9.17) is 11.5 Å². The molecular weight excluding hydrogens is 214 g/mol. The van der Waals surface area contributed by atoms with Crippen LogP contribution in [-0.4, -0.2) is 15.8 Å². The Bertz CT molecular complexity index is 601. The minimum atomic E-state index is 0.275. The minimum Gasteiger partial charge on any atom is -0.387 e. The van der Waals surface area contributed by atoms with Gasteiger partial charge in [0, 0.05) is 24.4 Å². The normalized spacial score (nSPS) is 13.3. The molecule has 4 N–H and O–H groups in total. The molecule has 2 aromatic rings. The predicted octanol–water partition coefficient (Wildman–Crippen LogP) is 1.27. The van der Waals surface area contributed by atoms with E-state index in [-0.39, 0.29) is 5.95 Å². The van der Waals surface area contributed by atoms with Gasteiger partial charge in [-0.25, -0.2) is 15.0 Å². The Kier molecular flexibility index (Phi) is 2.04. The summed E-state index contributed by atoms with van der Waals surface area (Å²) in [7, 11) is 0. The Morgan fingerprint density at radius 2 is 1.76 bits per heavy atom. The zero-order chi connectivity index (χ0) is 11.8. The average molecular weight is 225 g/mol. The molecule has 0 saturated carbocycles. The highest BCUT2D eigenvalue weighted by atomic mass is 15.0. The van der Waals surface area contributed by atoms with Crippen molar-refractivity contribution in [1.29, 1.82) is 0 Å². The van der Waals surface area contributed by atoms with Crippen molar-refractivity contribution < 1.29 is 0 Å².